The lowest BCUT2D eigenvalue weighted by Gasteiger charge is -2.22. The summed E-state index contributed by atoms with van der Waals surface area (Å²) in [6.45, 7) is 8.63. The van der Waals surface area contributed by atoms with Gasteiger partial charge in [0.2, 0.25) is 6.10 Å². The molecule has 1 heterocycles. The summed E-state index contributed by atoms with van der Waals surface area (Å²) in [5.41, 5.74) is -0.346. The maximum absolute atomic E-state index is 12.1. The van der Waals surface area contributed by atoms with E-state index in [0.717, 1.165) is 0 Å². The lowest BCUT2D eigenvalue weighted by molar-refractivity contribution is -0.176. The van der Waals surface area contributed by atoms with E-state index in [2.05, 4.69) is 4.98 Å². The first kappa shape index (κ1) is 16.1. The molecule has 1 aromatic heterocycles. The van der Waals surface area contributed by atoms with Crippen molar-refractivity contribution in [2.24, 2.45) is 5.41 Å². The van der Waals surface area contributed by atoms with E-state index in [9.17, 15) is 9.59 Å². The minimum Gasteiger partial charge on any atom is -0.460 e. The Kier molecular flexibility index (Phi) is 5.25. The highest BCUT2D eigenvalue weighted by Gasteiger charge is 2.33. The van der Waals surface area contributed by atoms with Gasteiger partial charge >= 0.3 is 11.9 Å². The quantitative estimate of drug-likeness (QED) is 0.793. The average molecular weight is 279 g/mol. The molecule has 20 heavy (non-hydrogen) atoms. The fourth-order valence-electron chi connectivity index (χ4n) is 1.34. The SMILES string of the molecule is CC(C)OC(=O)C(OC(=O)C(C)(C)C)c1ccccn1. The Morgan fingerprint density at radius 3 is 2.25 bits per heavy atom. The van der Waals surface area contributed by atoms with Crippen molar-refractivity contribution >= 4 is 11.9 Å². The number of carbonyl (C=O) groups excluding carboxylic acids is 2. The van der Waals surface area contributed by atoms with Gasteiger partial charge in [-0.3, -0.25) is 9.78 Å². The highest BCUT2D eigenvalue weighted by atomic mass is 16.6. The van der Waals surface area contributed by atoms with Gasteiger partial charge in [0.05, 0.1) is 17.2 Å². The molecule has 0 fully saturated rings. The van der Waals surface area contributed by atoms with Crippen molar-refractivity contribution in [2.45, 2.75) is 46.8 Å². The number of ether oxygens (including phenoxy) is 2. The van der Waals surface area contributed by atoms with Crippen molar-refractivity contribution in [3.63, 3.8) is 0 Å². The molecule has 1 rings (SSSR count). The van der Waals surface area contributed by atoms with Crippen LogP contribution in [0.2, 0.25) is 0 Å². The molecule has 0 N–H and O–H groups in total. The Balaban J connectivity index is 2.97. The van der Waals surface area contributed by atoms with Crippen LogP contribution in [0.1, 0.15) is 46.4 Å². The second kappa shape index (κ2) is 6.50. The predicted octanol–water partition coefficient (Wildman–Crippen LogP) is 2.66. The largest absolute Gasteiger partial charge is 0.460 e. The summed E-state index contributed by atoms with van der Waals surface area (Å²) in [6, 6.07) is 5.07. The van der Waals surface area contributed by atoms with Gasteiger partial charge in [-0.2, -0.15) is 0 Å². The Hall–Kier alpha value is -1.91. The van der Waals surface area contributed by atoms with Crippen LogP contribution in [0, 0.1) is 5.41 Å². The number of rotatable bonds is 4. The summed E-state index contributed by atoms with van der Waals surface area (Å²) in [5.74, 6) is -1.09. The molecule has 5 heteroatoms. The first-order valence-corrected chi connectivity index (χ1v) is 6.54. The summed E-state index contributed by atoms with van der Waals surface area (Å²) in [4.78, 5) is 28.1. The number of hydrogen-bond donors (Lipinski definition) is 0. The summed E-state index contributed by atoms with van der Waals surface area (Å²) >= 11 is 0. The molecule has 0 aliphatic carbocycles. The van der Waals surface area contributed by atoms with Gasteiger partial charge in [-0.25, -0.2) is 4.79 Å². The number of nitrogens with zero attached hydrogens (tertiary/aromatic N) is 1. The number of pyridine rings is 1. The van der Waals surface area contributed by atoms with E-state index < -0.39 is 23.5 Å². The van der Waals surface area contributed by atoms with E-state index in [1.165, 1.54) is 6.20 Å². The topological polar surface area (TPSA) is 65.5 Å². The Bertz CT molecular complexity index is 463. The molecule has 0 spiro atoms. The van der Waals surface area contributed by atoms with Gasteiger partial charge in [0.25, 0.3) is 0 Å². The lowest BCUT2D eigenvalue weighted by atomic mass is 9.97. The first-order chi connectivity index (χ1) is 9.21. The van der Waals surface area contributed by atoms with Gasteiger partial charge in [0.15, 0.2) is 0 Å². The van der Waals surface area contributed by atoms with Crippen LogP contribution in [0.25, 0.3) is 0 Å². The smallest absolute Gasteiger partial charge is 0.354 e. The maximum Gasteiger partial charge on any atom is 0.354 e. The average Bonchev–Trinajstić information content (AvgIpc) is 2.34. The van der Waals surface area contributed by atoms with Crippen LogP contribution in [0.15, 0.2) is 24.4 Å². The van der Waals surface area contributed by atoms with Gasteiger partial charge in [-0.05, 0) is 46.8 Å². The highest BCUT2D eigenvalue weighted by molar-refractivity contribution is 5.82. The highest BCUT2D eigenvalue weighted by Crippen LogP contribution is 2.24. The van der Waals surface area contributed by atoms with E-state index in [4.69, 9.17) is 9.47 Å². The van der Waals surface area contributed by atoms with Crippen molar-refractivity contribution in [1.29, 1.82) is 0 Å². The third kappa shape index (κ3) is 4.64. The van der Waals surface area contributed by atoms with Crippen LogP contribution in [0.3, 0.4) is 0 Å². The van der Waals surface area contributed by atoms with Crippen LogP contribution < -0.4 is 0 Å². The number of aromatic nitrogens is 1. The van der Waals surface area contributed by atoms with Crippen LogP contribution >= 0.6 is 0 Å². The summed E-state index contributed by atoms with van der Waals surface area (Å²) in [7, 11) is 0. The zero-order valence-corrected chi connectivity index (χ0v) is 12.5. The van der Waals surface area contributed by atoms with E-state index in [0.29, 0.717) is 5.69 Å². The van der Waals surface area contributed by atoms with Gasteiger partial charge in [-0.15, -0.1) is 0 Å². The minimum atomic E-state index is -1.13. The Labute approximate surface area is 119 Å². The molecule has 0 amide bonds. The van der Waals surface area contributed by atoms with E-state index in [1.54, 1.807) is 52.8 Å². The second-order valence-electron chi connectivity index (χ2n) is 5.78. The molecule has 0 aliphatic rings. The monoisotopic (exact) mass is 279 g/mol. The second-order valence-corrected chi connectivity index (χ2v) is 5.78. The minimum absolute atomic E-state index is 0.290. The first-order valence-electron chi connectivity index (χ1n) is 6.54. The molecule has 0 saturated heterocycles. The van der Waals surface area contributed by atoms with Gasteiger partial charge in [0, 0.05) is 6.20 Å². The number of hydrogen-bond acceptors (Lipinski definition) is 5. The molecule has 0 aromatic carbocycles. The van der Waals surface area contributed by atoms with Crippen LogP contribution in [-0.2, 0) is 19.1 Å². The van der Waals surface area contributed by atoms with Gasteiger partial charge in [-0.1, -0.05) is 6.07 Å². The Morgan fingerprint density at radius 1 is 1.15 bits per heavy atom. The zero-order chi connectivity index (χ0) is 15.3. The third-order valence-electron chi connectivity index (χ3n) is 2.36. The summed E-state index contributed by atoms with van der Waals surface area (Å²) < 4.78 is 10.4. The molecule has 1 atom stereocenters. The number of esters is 2. The molecule has 1 aromatic rings. The van der Waals surface area contributed by atoms with Crippen molar-refractivity contribution in [3.05, 3.63) is 30.1 Å². The lowest BCUT2D eigenvalue weighted by Crippen LogP contribution is -2.30. The van der Waals surface area contributed by atoms with Gasteiger partial charge < -0.3 is 9.47 Å². The van der Waals surface area contributed by atoms with E-state index in [-0.39, 0.29) is 6.10 Å². The van der Waals surface area contributed by atoms with Crippen molar-refractivity contribution in [1.82, 2.24) is 4.98 Å². The van der Waals surface area contributed by atoms with Crippen LogP contribution in [0.4, 0.5) is 0 Å². The van der Waals surface area contributed by atoms with Crippen LogP contribution in [0.5, 0.6) is 0 Å². The molecular weight excluding hydrogens is 258 g/mol. The van der Waals surface area contributed by atoms with E-state index in [1.807, 2.05) is 0 Å². The number of carbonyl (C=O) groups is 2. The standard InChI is InChI=1S/C15H21NO4/c1-10(2)19-13(17)12(11-8-6-7-9-16-11)20-14(18)15(3,4)5/h6-10,12H,1-5H3. The molecule has 0 aliphatic heterocycles. The third-order valence-corrected chi connectivity index (χ3v) is 2.36. The summed E-state index contributed by atoms with van der Waals surface area (Å²) in [5, 5.41) is 0. The molecular formula is C15H21NO4. The molecule has 0 radical (unpaired) electrons. The van der Waals surface area contributed by atoms with Crippen molar-refractivity contribution in [3.8, 4) is 0 Å². The molecule has 110 valence electrons. The van der Waals surface area contributed by atoms with Crippen LogP contribution in [-0.4, -0.2) is 23.0 Å². The fraction of sp³-hybridized carbons (Fsp3) is 0.533. The zero-order valence-electron chi connectivity index (χ0n) is 12.5. The molecule has 0 saturated carbocycles. The van der Waals surface area contributed by atoms with Gasteiger partial charge in [0.1, 0.15) is 0 Å². The van der Waals surface area contributed by atoms with Crippen molar-refractivity contribution < 1.29 is 19.1 Å². The predicted molar refractivity (Wildman–Crippen MR) is 73.8 cm³/mol. The van der Waals surface area contributed by atoms with Crippen molar-refractivity contribution in [2.75, 3.05) is 0 Å². The molecule has 5 nitrogen and oxygen atoms in total. The molecule has 0 bridgehead atoms. The Morgan fingerprint density at radius 2 is 1.80 bits per heavy atom. The normalized spacial score (nSPS) is 12.9. The van der Waals surface area contributed by atoms with E-state index >= 15 is 0 Å². The summed E-state index contributed by atoms with van der Waals surface area (Å²) in [6.07, 6.45) is 0.114. The maximum atomic E-state index is 12.1. The fourth-order valence-corrected chi connectivity index (χ4v) is 1.34. The molecule has 1 unspecified atom stereocenters.